The van der Waals surface area contributed by atoms with E-state index in [0.717, 1.165) is 56.6 Å². The summed E-state index contributed by atoms with van der Waals surface area (Å²) in [4.78, 5) is 15.3. The number of hydrogen-bond acceptors (Lipinski definition) is 7. The minimum Gasteiger partial charge on any atom is -0.314 e. The number of rotatable bonds is 7. The maximum absolute atomic E-state index is 15.0. The van der Waals surface area contributed by atoms with Gasteiger partial charge in [0.2, 0.25) is 5.95 Å². The normalized spacial score (nSPS) is 15.4. The lowest BCUT2D eigenvalue weighted by atomic mass is 9.99. The highest BCUT2D eigenvalue weighted by Crippen LogP contribution is 2.33. The van der Waals surface area contributed by atoms with Crippen LogP contribution >= 0.6 is 0 Å². The number of benzene rings is 1. The summed E-state index contributed by atoms with van der Waals surface area (Å²) in [5.74, 6) is -0.246. The van der Waals surface area contributed by atoms with E-state index in [1.165, 1.54) is 6.07 Å². The van der Waals surface area contributed by atoms with Gasteiger partial charge in [-0.2, -0.15) is 5.10 Å². The Kier molecular flexibility index (Phi) is 6.88. The van der Waals surface area contributed by atoms with Gasteiger partial charge in [-0.25, -0.2) is 23.7 Å². The van der Waals surface area contributed by atoms with Crippen molar-refractivity contribution in [2.45, 2.75) is 32.7 Å². The first-order chi connectivity index (χ1) is 17.4. The van der Waals surface area contributed by atoms with Gasteiger partial charge in [0.1, 0.15) is 17.0 Å². The molecule has 4 heterocycles. The minimum atomic E-state index is -0.632. The van der Waals surface area contributed by atoms with Crippen molar-refractivity contribution < 1.29 is 8.78 Å². The van der Waals surface area contributed by atoms with Crippen molar-refractivity contribution >= 4 is 22.7 Å². The lowest BCUT2D eigenvalue weighted by molar-refractivity contribution is 0.233. The first-order valence-electron chi connectivity index (χ1n) is 12.3. The summed E-state index contributed by atoms with van der Waals surface area (Å²) in [5, 5.41) is 11.4. The summed E-state index contributed by atoms with van der Waals surface area (Å²) < 4.78 is 31.5. The Morgan fingerprint density at radius 2 is 1.89 bits per heavy atom. The molecule has 0 radical (unpaired) electrons. The lowest BCUT2D eigenvalue weighted by Gasteiger charge is -2.27. The van der Waals surface area contributed by atoms with Crippen LogP contribution in [0.25, 0.3) is 22.2 Å². The quantitative estimate of drug-likeness (QED) is 0.396. The molecule has 1 fully saturated rings. The largest absolute Gasteiger partial charge is 0.314 e. The second-order valence-electron chi connectivity index (χ2n) is 9.27. The zero-order chi connectivity index (χ0) is 25.2. The van der Waals surface area contributed by atoms with Crippen LogP contribution in [0.4, 0.5) is 20.5 Å². The first kappa shape index (κ1) is 24.2. The fraction of sp³-hybridized carbons (Fsp3) is 0.385. The number of nitrogens with zero attached hydrogens (tertiary/aromatic N) is 6. The van der Waals surface area contributed by atoms with E-state index in [2.05, 4.69) is 49.4 Å². The molecular weight excluding hydrogens is 462 g/mol. The molecule has 0 bridgehead atoms. The van der Waals surface area contributed by atoms with E-state index in [0.29, 0.717) is 16.8 Å². The molecule has 5 rings (SSSR count). The van der Waals surface area contributed by atoms with Crippen LogP contribution in [0.3, 0.4) is 0 Å². The third-order valence-electron chi connectivity index (χ3n) is 6.72. The fourth-order valence-electron chi connectivity index (χ4n) is 4.65. The van der Waals surface area contributed by atoms with E-state index < -0.39 is 11.6 Å². The number of fused-ring (bicyclic) bond motifs is 1. The highest BCUT2D eigenvalue weighted by atomic mass is 19.1. The number of piperazine rings is 1. The van der Waals surface area contributed by atoms with Gasteiger partial charge >= 0.3 is 0 Å². The van der Waals surface area contributed by atoms with Crippen molar-refractivity contribution in [3.63, 3.8) is 0 Å². The summed E-state index contributed by atoms with van der Waals surface area (Å²) in [5.41, 5.74) is 2.64. The number of halogens is 2. The highest BCUT2D eigenvalue weighted by Gasteiger charge is 2.20. The van der Waals surface area contributed by atoms with Crippen molar-refractivity contribution in [2.24, 2.45) is 7.05 Å². The van der Waals surface area contributed by atoms with Crippen LogP contribution < -0.4 is 10.6 Å². The third kappa shape index (κ3) is 4.91. The second kappa shape index (κ2) is 10.2. The van der Waals surface area contributed by atoms with Crippen LogP contribution in [-0.2, 0) is 13.6 Å². The second-order valence-corrected chi connectivity index (χ2v) is 9.27. The van der Waals surface area contributed by atoms with Crippen LogP contribution in [-0.4, -0.2) is 55.8 Å². The molecule has 3 aromatic heterocycles. The van der Waals surface area contributed by atoms with Crippen LogP contribution in [0.15, 0.2) is 36.7 Å². The fourth-order valence-corrected chi connectivity index (χ4v) is 4.65. The number of anilines is 2. The Morgan fingerprint density at radius 3 is 2.61 bits per heavy atom. The summed E-state index contributed by atoms with van der Waals surface area (Å²) in [6.07, 6.45) is 3.78. The van der Waals surface area contributed by atoms with Crippen molar-refractivity contribution in [3.05, 3.63) is 59.6 Å². The summed E-state index contributed by atoms with van der Waals surface area (Å²) in [6, 6.07) is 6.88. The van der Waals surface area contributed by atoms with E-state index in [1.807, 2.05) is 18.3 Å². The molecule has 8 nitrogen and oxygen atoms in total. The Balaban J connectivity index is 1.41. The Bertz CT molecular complexity index is 1360. The molecule has 0 amide bonds. The zero-order valence-corrected chi connectivity index (χ0v) is 20.7. The van der Waals surface area contributed by atoms with Crippen LogP contribution in [0.2, 0.25) is 0 Å². The first-order valence-corrected chi connectivity index (χ1v) is 12.3. The van der Waals surface area contributed by atoms with E-state index in [4.69, 9.17) is 0 Å². The maximum Gasteiger partial charge on any atom is 0.229 e. The predicted molar refractivity (Wildman–Crippen MR) is 136 cm³/mol. The Hall–Kier alpha value is -3.50. The van der Waals surface area contributed by atoms with Gasteiger partial charge in [0, 0.05) is 62.6 Å². The van der Waals surface area contributed by atoms with Gasteiger partial charge < -0.3 is 10.6 Å². The average molecular weight is 493 g/mol. The molecule has 0 aliphatic carbocycles. The van der Waals surface area contributed by atoms with Crippen LogP contribution in [0.5, 0.6) is 0 Å². The summed E-state index contributed by atoms with van der Waals surface area (Å²) in [7, 11) is 1.80. The molecule has 1 unspecified atom stereocenters. The minimum absolute atomic E-state index is 0.0163. The van der Waals surface area contributed by atoms with Crippen molar-refractivity contribution in [3.8, 4) is 11.3 Å². The van der Waals surface area contributed by atoms with E-state index >= 15 is 4.39 Å². The van der Waals surface area contributed by atoms with Gasteiger partial charge in [-0.1, -0.05) is 19.9 Å². The topological polar surface area (TPSA) is 83.8 Å². The Morgan fingerprint density at radius 1 is 1.08 bits per heavy atom. The standard InChI is InChI=1S/C26H30F2N8/c1-4-16(2)25-19-11-18(12-20(27)24(19)34-35(25)3)23-21(28)14-31-26(33-23)32-22-6-5-17(13-30-22)15-36-9-7-29-8-10-36/h5-6,11-14,16,29H,4,7-10,15H2,1-3H3,(H,30,31,32,33). The molecule has 1 saturated heterocycles. The molecule has 4 aromatic rings. The van der Waals surface area contributed by atoms with Gasteiger partial charge in [0.05, 0.1) is 6.20 Å². The molecule has 1 aliphatic heterocycles. The Labute approximate surface area is 208 Å². The summed E-state index contributed by atoms with van der Waals surface area (Å²) in [6.45, 7) is 8.98. The van der Waals surface area contributed by atoms with E-state index in [1.54, 1.807) is 17.8 Å². The van der Waals surface area contributed by atoms with Crippen LogP contribution in [0, 0.1) is 11.6 Å². The molecular formula is C26H30F2N8. The number of nitrogens with one attached hydrogen (secondary N) is 2. The van der Waals surface area contributed by atoms with Gasteiger partial charge in [0.25, 0.3) is 0 Å². The van der Waals surface area contributed by atoms with Gasteiger partial charge in [-0.3, -0.25) is 9.58 Å². The summed E-state index contributed by atoms with van der Waals surface area (Å²) >= 11 is 0. The van der Waals surface area contributed by atoms with Crippen molar-refractivity contribution in [2.75, 3.05) is 31.5 Å². The molecule has 10 heteroatoms. The molecule has 36 heavy (non-hydrogen) atoms. The van der Waals surface area contributed by atoms with Gasteiger partial charge in [-0.15, -0.1) is 0 Å². The highest BCUT2D eigenvalue weighted by molar-refractivity contribution is 5.87. The third-order valence-corrected chi connectivity index (χ3v) is 6.72. The number of aryl methyl sites for hydroxylation is 1. The smallest absolute Gasteiger partial charge is 0.229 e. The molecule has 1 aliphatic rings. The molecule has 2 N–H and O–H groups in total. The molecule has 1 atom stereocenters. The lowest BCUT2D eigenvalue weighted by Crippen LogP contribution is -2.42. The average Bonchev–Trinajstić information content (AvgIpc) is 3.23. The van der Waals surface area contributed by atoms with Gasteiger partial charge in [0.15, 0.2) is 11.6 Å². The van der Waals surface area contributed by atoms with E-state index in [9.17, 15) is 4.39 Å². The molecule has 0 saturated carbocycles. The predicted octanol–water partition coefficient (Wildman–Crippen LogP) is 4.37. The number of hydrogen-bond donors (Lipinski definition) is 2. The van der Waals surface area contributed by atoms with E-state index in [-0.39, 0.29) is 23.1 Å². The molecule has 0 spiro atoms. The number of pyridine rings is 1. The maximum atomic E-state index is 15.0. The van der Waals surface area contributed by atoms with Gasteiger partial charge in [-0.05, 0) is 36.1 Å². The molecule has 1 aromatic carbocycles. The monoisotopic (exact) mass is 492 g/mol. The zero-order valence-electron chi connectivity index (χ0n) is 20.7. The van der Waals surface area contributed by atoms with Crippen molar-refractivity contribution in [1.82, 2.24) is 34.9 Å². The molecule has 188 valence electrons. The van der Waals surface area contributed by atoms with Crippen molar-refractivity contribution in [1.29, 1.82) is 0 Å². The SMILES string of the molecule is CCC(C)c1c2cc(-c3nc(Nc4ccc(CN5CCNCC5)cn4)ncc3F)cc(F)c2nn1C. The number of aromatic nitrogens is 5. The van der Waals surface area contributed by atoms with Crippen LogP contribution in [0.1, 0.15) is 37.4 Å².